The van der Waals surface area contributed by atoms with Crippen LogP contribution in [-0.4, -0.2) is 28.6 Å². The second-order valence-electron chi connectivity index (χ2n) is 7.41. The van der Waals surface area contributed by atoms with E-state index in [-0.39, 0.29) is 12.1 Å². The second kappa shape index (κ2) is 10.1. The molecule has 4 aromatic rings. The Morgan fingerprint density at radius 3 is 2.50 bits per heavy atom. The third kappa shape index (κ3) is 5.11. The van der Waals surface area contributed by atoms with Crippen molar-refractivity contribution in [2.75, 3.05) is 6.61 Å². The molecule has 0 aliphatic rings. The van der Waals surface area contributed by atoms with Gasteiger partial charge < -0.3 is 9.47 Å². The minimum atomic E-state index is -0.296. The van der Waals surface area contributed by atoms with E-state index in [9.17, 15) is 4.79 Å². The molecule has 2 aromatic heterocycles. The van der Waals surface area contributed by atoms with Crippen LogP contribution in [0.15, 0.2) is 65.3 Å². The third-order valence-electron chi connectivity index (χ3n) is 4.72. The number of benzene rings is 2. The largest absolute Gasteiger partial charge is 0.494 e. The summed E-state index contributed by atoms with van der Waals surface area (Å²) in [5, 5.41) is 4.15. The first-order valence-electron chi connectivity index (χ1n) is 10.4. The molecule has 0 saturated heterocycles. The SMILES string of the molecule is CCOc1ccc(-c2csc3ncnc(SCc4ccc(C(=O)OC(C)C)cc4)c23)cc1. The number of aromatic nitrogens is 2. The summed E-state index contributed by atoms with van der Waals surface area (Å²) in [6.45, 7) is 6.32. The minimum Gasteiger partial charge on any atom is -0.494 e. The maximum Gasteiger partial charge on any atom is 0.338 e. The number of ether oxygens (including phenoxy) is 2. The lowest BCUT2D eigenvalue weighted by Crippen LogP contribution is -2.11. The van der Waals surface area contributed by atoms with Gasteiger partial charge in [0.2, 0.25) is 0 Å². The van der Waals surface area contributed by atoms with E-state index in [0.717, 1.165) is 43.4 Å². The Hall–Kier alpha value is -2.90. The van der Waals surface area contributed by atoms with Gasteiger partial charge in [-0.2, -0.15) is 0 Å². The first-order chi connectivity index (χ1) is 15.5. The van der Waals surface area contributed by atoms with Gasteiger partial charge in [0, 0.05) is 16.7 Å². The van der Waals surface area contributed by atoms with Gasteiger partial charge in [-0.1, -0.05) is 24.3 Å². The summed E-state index contributed by atoms with van der Waals surface area (Å²) in [5.41, 5.74) is 3.92. The molecule has 0 amide bonds. The summed E-state index contributed by atoms with van der Waals surface area (Å²) in [6.07, 6.45) is 1.49. The van der Waals surface area contributed by atoms with E-state index in [1.54, 1.807) is 29.4 Å². The topological polar surface area (TPSA) is 61.3 Å². The Bertz CT molecular complexity index is 1200. The maximum atomic E-state index is 12.0. The van der Waals surface area contributed by atoms with Gasteiger partial charge in [-0.15, -0.1) is 23.1 Å². The molecule has 164 valence electrons. The van der Waals surface area contributed by atoms with Crippen LogP contribution in [0.4, 0.5) is 0 Å². The standard InChI is InChI=1S/C25H24N2O3S2/c1-4-29-20-11-9-18(10-12-20)21-14-32-24-22(21)23(26-15-27-24)31-13-17-5-7-19(8-6-17)25(28)30-16(2)3/h5-12,14-16H,4,13H2,1-3H3. The fraction of sp³-hybridized carbons (Fsp3) is 0.240. The Kier molecular flexibility index (Phi) is 7.07. The number of thioether (sulfide) groups is 1. The van der Waals surface area contributed by atoms with E-state index < -0.39 is 0 Å². The molecule has 7 heteroatoms. The number of esters is 1. The first-order valence-corrected chi connectivity index (χ1v) is 12.3. The molecule has 0 radical (unpaired) electrons. The van der Waals surface area contributed by atoms with E-state index in [1.807, 2.05) is 57.2 Å². The highest BCUT2D eigenvalue weighted by atomic mass is 32.2. The molecule has 32 heavy (non-hydrogen) atoms. The van der Waals surface area contributed by atoms with Crippen molar-refractivity contribution in [3.63, 3.8) is 0 Å². The normalized spacial score (nSPS) is 11.1. The first kappa shape index (κ1) is 22.3. The van der Waals surface area contributed by atoms with Crippen LogP contribution < -0.4 is 4.74 Å². The molecule has 5 nitrogen and oxygen atoms in total. The van der Waals surface area contributed by atoms with Crippen LogP contribution in [0.25, 0.3) is 21.3 Å². The fourth-order valence-electron chi connectivity index (χ4n) is 3.24. The molecule has 0 spiro atoms. The van der Waals surface area contributed by atoms with Crippen LogP contribution in [0.1, 0.15) is 36.7 Å². The van der Waals surface area contributed by atoms with E-state index in [2.05, 4.69) is 27.5 Å². The summed E-state index contributed by atoms with van der Waals surface area (Å²) in [7, 11) is 0. The van der Waals surface area contributed by atoms with Gasteiger partial charge in [0.15, 0.2) is 0 Å². The van der Waals surface area contributed by atoms with Crippen molar-refractivity contribution in [1.29, 1.82) is 0 Å². The quantitative estimate of drug-likeness (QED) is 0.166. The second-order valence-corrected chi connectivity index (χ2v) is 9.23. The van der Waals surface area contributed by atoms with Crippen LogP contribution in [0.2, 0.25) is 0 Å². The van der Waals surface area contributed by atoms with E-state index in [4.69, 9.17) is 9.47 Å². The summed E-state index contributed by atoms with van der Waals surface area (Å²) in [6, 6.07) is 15.7. The van der Waals surface area contributed by atoms with Crippen molar-refractivity contribution in [3.8, 4) is 16.9 Å². The lowest BCUT2D eigenvalue weighted by molar-refractivity contribution is 0.0378. The highest BCUT2D eigenvalue weighted by Gasteiger charge is 2.14. The van der Waals surface area contributed by atoms with Crippen molar-refractivity contribution >= 4 is 39.3 Å². The lowest BCUT2D eigenvalue weighted by Gasteiger charge is -2.09. The molecular weight excluding hydrogens is 440 g/mol. The number of nitrogens with zero attached hydrogens (tertiary/aromatic N) is 2. The van der Waals surface area contributed by atoms with Gasteiger partial charge >= 0.3 is 5.97 Å². The Morgan fingerprint density at radius 2 is 1.81 bits per heavy atom. The van der Waals surface area contributed by atoms with Crippen LogP contribution >= 0.6 is 23.1 Å². The molecule has 0 aliphatic heterocycles. The number of carbonyl (C=O) groups excluding carboxylic acids is 1. The fourth-order valence-corrected chi connectivity index (χ4v) is 5.19. The van der Waals surface area contributed by atoms with Crippen LogP contribution in [0.5, 0.6) is 5.75 Å². The maximum absolute atomic E-state index is 12.0. The van der Waals surface area contributed by atoms with Gasteiger partial charge in [-0.25, -0.2) is 14.8 Å². The summed E-state index contributed by atoms with van der Waals surface area (Å²) in [4.78, 5) is 22.0. The zero-order valence-electron chi connectivity index (χ0n) is 18.2. The highest BCUT2D eigenvalue weighted by Crippen LogP contribution is 2.39. The van der Waals surface area contributed by atoms with Crippen LogP contribution in [0.3, 0.4) is 0 Å². The molecule has 0 atom stereocenters. The summed E-state index contributed by atoms with van der Waals surface area (Å²) >= 11 is 3.29. The number of rotatable bonds is 8. The van der Waals surface area contributed by atoms with E-state index in [0.29, 0.717) is 12.2 Å². The predicted octanol–water partition coefficient (Wildman–Crippen LogP) is 6.61. The Labute approximate surface area is 195 Å². The molecule has 0 fully saturated rings. The van der Waals surface area contributed by atoms with Gasteiger partial charge in [0.05, 0.1) is 23.7 Å². The van der Waals surface area contributed by atoms with Crippen molar-refractivity contribution in [2.45, 2.75) is 37.7 Å². The van der Waals surface area contributed by atoms with E-state index >= 15 is 0 Å². The minimum absolute atomic E-state index is 0.131. The van der Waals surface area contributed by atoms with Gasteiger partial charge in [-0.3, -0.25) is 0 Å². The molecule has 4 rings (SSSR count). The number of hydrogen-bond acceptors (Lipinski definition) is 7. The van der Waals surface area contributed by atoms with Crippen molar-refractivity contribution < 1.29 is 14.3 Å². The smallest absolute Gasteiger partial charge is 0.338 e. The van der Waals surface area contributed by atoms with Crippen molar-refractivity contribution in [3.05, 3.63) is 71.4 Å². The average Bonchev–Trinajstić information content (AvgIpc) is 3.23. The Morgan fingerprint density at radius 1 is 1.06 bits per heavy atom. The molecule has 0 saturated carbocycles. The predicted molar refractivity (Wildman–Crippen MR) is 131 cm³/mol. The molecule has 0 N–H and O–H groups in total. The lowest BCUT2D eigenvalue weighted by atomic mass is 10.1. The van der Waals surface area contributed by atoms with E-state index in [1.165, 1.54) is 0 Å². The van der Waals surface area contributed by atoms with Crippen LogP contribution in [-0.2, 0) is 10.5 Å². The average molecular weight is 465 g/mol. The number of fused-ring (bicyclic) bond motifs is 1. The molecular formula is C25H24N2O3S2. The van der Waals surface area contributed by atoms with Crippen LogP contribution in [0, 0.1) is 0 Å². The van der Waals surface area contributed by atoms with Gasteiger partial charge in [-0.05, 0) is 56.2 Å². The van der Waals surface area contributed by atoms with Gasteiger partial charge in [0.1, 0.15) is 21.9 Å². The molecule has 0 aliphatic carbocycles. The number of thiophene rings is 1. The zero-order valence-corrected chi connectivity index (χ0v) is 19.8. The Balaban J connectivity index is 1.54. The molecule has 0 unspecified atom stereocenters. The molecule has 2 aromatic carbocycles. The van der Waals surface area contributed by atoms with Crippen molar-refractivity contribution in [2.24, 2.45) is 0 Å². The third-order valence-corrected chi connectivity index (χ3v) is 6.67. The summed E-state index contributed by atoms with van der Waals surface area (Å²) in [5.74, 6) is 1.31. The molecule has 0 bridgehead atoms. The summed E-state index contributed by atoms with van der Waals surface area (Å²) < 4.78 is 10.8. The number of hydrogen-bond donors (Lipinski definition) is 0. The zero-order chi connectivity index (χ0) is 22.5. The van der Waals surface area contributed by atoms with Gasteiger partial charge in [0.25, 0.3) is 0 Å². The highest BCUT2D eigenvalue weighted by molar-refractivity contribution is 7.98. The monoisotopic (exact) mass is 464 g/mol. The number of carbonyl (C=O) groups is 1. The van der Waals surface area contributed by atoms with Crippen molar-refractivity contribution in [1.82, 2.24) is 9.97 Å². The molecule has 2 heterocycles.